The van der Waals surface area contributed by atoms with E-state index >= 15 is 0 Å². The first-order valence-electron chi connectivity index (χ1n) is 7.00. The third-order valence-electron chi connectivity index (χ3n) is 2.99. The summed E-state index contributed by atoms with van der Waals surface area (Å²) in [7, 11) is 0. The number of aliphatic hydroxyl groups is 1. The lowest BCUT2D eigenvalue weighted by atomic mass is 9.86. The molecule has 0 atom stereocenters. The number of ether oxygens (including phenoxy) is 1. The van der Waals surface area contributed by atoms with Crippen molar-refractivity contribution in [2.75, 3.05) is 26.3 Å². The summed E-state index contributed by atoms with van der Waals surface area (Å²) >= 11 is 0. The van der Waals surface area contributed by atoms with E-state index in [0.717, 1.165) is 18.7 Å². The molecule has 108 valence electrons. The first-order chi connectivity index (χ1) is 8.95. The summed E-state index contributed by atoms with van der Waals surface area (Å²) in [6.45, 7) is 11.1. The smallest absolute Gasteiger partial charge is 0.123 e. The molecule has 0 radical (unpaired) electrons. The largest absolute Gasteiger partial charge is 0.493 e. The van der Waals surface area contributed by atoms with Crippen molar-refractivity contribution >= 4 is 0 Å². The molecule has 0 unspecified atom stereocenters. The average Bonchev–Trinajstić information content (AvgIpc) is 2.32. The average molecular weight is 265 g/mol. The van der Waals surface area contributed by atoms with Crippen LogP contribution in [0.4, 0.5) is 0 Å². The molecule has 0 fully saturated rings. The van der Waals surface area contributed by atoms with Gasteiger partial charge in [0, 0.05) is 6.54 Å². The predicted octanol–water partition coefficient (Wildman–Crippen LogP) is 2.64. The Kier molecular flexibility index (Phi) is 6.32. The molecule has 0 aliphatic heterocycles. The van der Waals surface area contributed by atoms with Crippen molar-refractivity contribution in [3.05, 3.63) is 29.3 Å². The van der Waals surface area contributed by atoms with E-state index < -0.39 is 0 Å². The summed E-state index contributed by atoms with van der Waals surface area (Å²) in [4.78, 5) is 0. The molecule has 0 amide bonds. The van der Waals surface area contributed by atoms with Crippen LogP contribution in [0, 0.1) is 6.92 Å². The molecule has 0 saturated carbocycles. The van der Waals surface area contributed by atoms with Crippen molar-refractivity contribution in [1.82, 2.24) is 5.32 Å². The van der Waals surface area contributed by atoms with Crippen molar-refractivity contribution in [2.24, 2.45) is 0 Å². The maximum absolute atomic E-state index is 8.66. The van der Waals surface area contributed by atoms with Gasteiger partial charge in [-0.05, 0) is 42.5 Å². The Morgan fingerprint density at radius 3 is 2.58 bits per heavy atom. The lowest BCUT2D eigenvalue weighted by molar-refractivity contribution is 0.279. The van der Waals surface area contributed by atoms with Crippen LogP contribution in [0.25, 0.3) is 0 Å². The van der Waals surface area contributed by atoms with Crippen molar-refractivity contribution < 1.29 is 9.84 Å². The summed E-state index contributed by atoms with van der Waals surface area (Å²) in [5.74, 6) is 0.995. The van der Waals surface area contributed by atoms with E-state index in [4.69, 9.17) is 9.84 Å². The molecule has 2 N–H and O–H groups in total. The molecular formula is C16H27NO2. The molecule has 0 aliphatic carbocycles. The van der Waals surface area contributed by atoms with Gasteiger partial charge in [0.25, 0.3) is 0 Å². The number of aryl methyl sites for hydroxylation is 1. The van der Waals surface area contributed by atoms with Gasteiger partial charge in [0.15, 0.2) is 0 Å². The van der Waals surface area contributed by atoms with Crippen LogP contribution in [0.5, 0.6) is 5.75 Å². The first kappa shape index (κ1) is 16.0. The summed E-state index contributed by atoms with van der Waals surface area (Å²) < 4.78 is 5.92. The van der Waals surface area contributed by atoms with Crippen LogP contribution in [0.1, 0.15) is 38.3 Å². The highest BCUT2D eigenvalue weighted by Crippen LogP contribution is 2.32. The predicted molar refractivity (Wildman–Crippen MR) is 79.9 cm³/mol. The number of aliphatic hydroxyl groups excluding tert-OH is 1. The van der Waals surface area contributed by atoms with Gasteiger partial charge in [0.2, 0.25) is 0 Å². The van der Waals surface area contributed by atoms with Gasteiger partial charge >= 0.3 is 0 Å². The molecule has 1 rings (SSSR count). The van der Waals surface area contributed by atoms with Crippen LogP contribution >= 0.6 is 0 Å². The monoisotopic (exact) mass is 265 g/mol. The summed E-state index contributed by atoms with van der Waals surface area (Å²) in [5.41, 5.74) is 2.57. The van der Waals surface area contributed by atoms with Gasteiger partial charge in [-0.15, -0.1) is 0 Å². The Balaban J connectivity index is 2.54. The van der Waals surface area contributed by atoms with Gasteiger partial charge in [0.05, 0.1) is 13.2 Å². The molecule has 0 bridgehead atoms. The van der Waals surface area contributed by atoms with E-state index in [1.165, 1.54) is 11.1 Å². The van der Waals surface area contributed by atoms with Crippen molar-refractivity contribution in [2.45, 2.75) is 39.5 Å². The molecule has 0 saturated heterocycles. The third-order valence-corrected chi connectivity index (χ3v) is 2.99. The highest BCUT2D eigenvalue weighted by Gasteiger charge is 2.18. The zero-order valence-corrected chi connectivity index (χ0v) is 12.6. The van der Waals surface area contributed by atoms with Gasteiger partial charge in [-0.25, -0.2) is 0 Å². The quantitative estimate of drug-likeness (QED) is 0.745. The van der Waals surface area contributed by atoms with Crippen molar-refractivity contribution in [1.29, 1.82) is 0 Å². The Morgan fingerprint density at radius 2 is 1.95 bits per heavy atom. The molecule has 3 heteroatoms. The van der Waals surface area contributed by atoms with Crippen LogP contribution in [0.2, 0.25) is 0 Å². The van der Waals surface area contributed by atoms with Gasteiger partial charge in [-0.2, -0.15) is 0 Å². The second kappa shape index (κ2) is 7.51. The van der Waals surface area contributed by atoms with Crippen LogP contribution in [-0.2, 0) is 5.41 Å². The van der Waals surface area contributed by atoms with Crippen LogP contribution in [-0.4, -0.2) is 31.4 Å². The van der Waals surface area contributed by atoms with E-state index in [1.807, 2.05) is 0 Å². The topological polar surface area (TPSA) is 41.5 Å². The number of hydrogen-bond donors (Lipinski definition) is 2. The highest BCUT2D eigenvalue weighted by atomic mass is 16.5. The van der Waals surface area contributed by atoms with E-state index in [2.05, 4.69) is 51.2 Å². The second-order valence-corrected chi connectivity index (χ2v) is 5.93. The molecule has 1 aromatic carbocycles. The molecule has 0 aliphatic rings. The maximum atomic E-state index is 8.66. The normalized spacial score (nSPS) is 11.6. The summed E-state index contributed by atoms with van der Waals surface area (Å²) in [6.07, 6.45) is 0.942. The molecule has 0 heterocycles. The molecule has 0 spiro atoms. The van der Waals surface area contributed by atoms with E-state index in [1.54, 1.807) is 0 Å². The first-order valence-corrected chi connectivity index (χ1v) is 7.00. The molecule has 19 heavy (non-hydrogen) atoms. The Bertz CT molecular complexity index is 383. The fourth-order valence-corrected chi connectivity index (χ4v) is 1.95. The lowest BCUT2D eigenvalue weighted by Crippen LogP contribution is -2.21. The zero-order valence-electron chi connectivity index (χ0n) is 12.6. The number of nitrogens with one attached hydrogen (secondary N) is 1. The van der Waals surface area contributed by atoms with Crippen LogP contribution in [0.3, 0.4) is 0 Å². The maximum Gasteiger partial charge on any atom is 0.123 e. The second-order valence-electron chi connectivity index (χ2n) is 5.93. The molecule has 3 nitrogen and oxygen atoms in total. The number of rotatable bonds is 7. The fourth-order valence-electron chi connectivity index (χ4n) is 1.95. The van der Waals surface area contributed by atoms with Gasteiger partial charge < -0.3 is 15.2 Å². The van der Waals surface area contributed by atoms with E-state index in [-0.39, 0.29) is 12.0 Å². The van der Waals surface area contributed by atoms with Gasteiger partial charge in [0.1, 0.15) is 5.75 Å². The minimum atomic E-state index is 0.0954. The summed E-state index contributed by atoms with van der Waals surface area (Å²) in [5, 5.41) is 11.8. The van der Waals surface area contributed by atoms with Crippen LogP contribution in [0.15, 0.2) is 18.2 Å². The van der Waals surface area contributed by atoms with Crippen LogP contribution < -0.4 is 10.1 Å². The minimum Gasteiger partial charge on any atom is -0.493 e. The van der Waals surface area contributed by atoms with E-state index in [0.29, 0.717) is 13.2 Å². The zero-order chi connectivity index (χ0) is 14.3. The summed E-state index contributed by atoms with van der Waals surface area (Å²) in [6, 6.07) is 6.41. The number of hydrogen-bond acceptors (Lipinski definition) is 3. The molecule has 1 aromatic rings. The fraction of sp³-hybridized carbons (Fsp3) is 0.625. The lowest BCUT2D eigenvalue weighted by Gasteiger charge is -2.23. The molecule has 0 aromatic heterocycles. The molecular weight excluding hydrogens is 238 g/mol. The standard InChI is InChI=1S/C16H27NO2/c1-13-6-7-14(16(2,3)4)15(12-13)19-11-5-8-17-9-10-18/h6-7,12,17-18H,5,8-11H2,1-4H3. The Morgan fingerprint density at radius 1 is 1.21 bits per heavy atom. The van der Waals surface area contributed by atoms with Crippen molar-refractivity contribution in [3.8, 4) is 5.75 Å². The highest BCUT2D eigenvalue weighted by molar-refractivity contribution is 5.41. The third kappa shape index (κ3) is 5.62. The van der Waals surface area contributed by atoms with E-state index in [9.17, 15) is 0 Å². The van der Waals surface area contributed by atoms with Gasteiger partial charge in [-0.1, -0.05) is 32.9 Å². The van der Waals surface area contributed by atoms with Crippen molar-refractivity contribution in [3.63, 3.8) is 0 Å². The minimum absolute atomic E-state index is 0.0954. The van der Waals surface area contributed by atoms with Gasteiger partial charge in [-0.3, -0.25) is 0 Å². The SMILES string of the molecule is Cc1ccc(C(C)(C)C)c(OCCCNCCO)c1. The Labute approximate surface area is 117 Å². The Hall–Kier alpha value is -1.06. The number of benzene rings is 1.